The maximum Gasteiger partial charge on any atom is 0.172 e. The molecular weight excluding hydrogens is 262 g/mol. The van der Waals surface area contributed by atoms with Gasteiger partial charge in [0, 0.05) is 23.8 Å². The molecule has 0 atom stereocenters. The molecule has 106 valence electrons. The van der Waals surface area contributed by atoms with E-state index in [0.29, 0.717) is 12.0 Å². The topological polar surface area (TPSA) is 47.8 Å². The molecule has 21 heavy (non-hydrogen) atoms. The lowest BCUT2D eigenvalue weighted by Crippen LogP contribution is -2.08. The second-order valence-corrected chi connectivity index (χ2v) is 5.26. The van der Waals surface area contributed by atoms with E-state index in [1.165, 1.54) is 0 Å². The minimum atomic E-state index is 0.0703. The zero-order chi connectivity index (χ0) is 15.0. The third-order valence-electron chi connectivity index (χ3n) is 3.79. The van der Waals surface area contributed by atoms with E-state index in [1.54, 1.807) is 4.68 Å². The molecule has 1 aromatic carbocycles. The minimum Gasteiger partial charge on any atom is -0.294 e. The lowest BCUT2D eigenvalue weighted by molar-refractivity contribution is 0.0991. The van der Waals surface area contributed by atoms with E-state index in [2.05, 4.69) is 10.1 Å². The van der Waals surface area contributed by atoms with Gasteiger partial charge in [-0.05, 0) is 26.0 Å². The average molecular weight is 279 g/mol. The summed E-state index contributed by atoms with van der Waals surface area (Å²) in [5, 5.41) is 5.38. The van der Waals surface area contributed by atoms with Crippen molar-refractivity contribution in [1.82, 2.24) is 14.8 Å². The fraction of sp³-hybridized carbons (Fsp3) is 0.235. The van der Waals surface area contributed by atoms with Gasteiger partial charge in [-0.1, -0.05) is 24.3 Å². The second kappa shape index (κ2) is 5.13. The summed E-state index contributed by atoms with van der Waals surface area (Å²) in [7, 11) is 1.85. The summed E-state index contributed by atoms with van der Waals surface area (Å²) in [4.78, 5) is 17.1. The molecule has 4 heteroatoms. The molecule has 0 aliphatic carbocycles. The Bertz CT molecular complexity index is 833. The van der Waals surface area contributed by atoms with Crippen LogP contribution in [0.15, 0.2) is 36.4 Å². The Morgan fingerprint density at radius 2 is 1.90 bits per heavy atom. The number of para-hydroxylation sites is 1. The lowest BCUT2D eigenvalue weighted by atomic mass is 10.0. The number of nitrogens with zero attached hydrogens (tertiary/aromatic N) is 3. The van der Waals surface area contributed by atoms with Gasteiger partial charge in [0.25, 0.3) is 0 Å². The van der Waals surface area contributed by atoms with Gasteiger partial charge < -0.3 is 0 Å². The number of pyridine rings is 1. The van der Waals surface area contributed by atoms with E-state index in [0.717, 1.165) is 28.0 Å². The zero-order valence-corrected chi connectivity index (χ0v) is 12.4. The van der Waals surface area contributed by atoms with Gasteiger partial charge in [-0.15, -0.1) is 0 Å². The smallest absolute Gasteiger partial charge is 0.172 e. The molecule has 0 amide bonds. The first kappa shape index (κ1) is 13.5. The van der Waals surface area contributed by atoms with Crippen molar-refractivity contribution in [2.24, 2.45) is 7.05 Å². The van der Waals surface area contributed by atoms with Gasteiger partial charge in [0.1, 0.15) is 0 Å². The summed E-state index contributed by atoms with van der Waals surface area (Å²) in [5.74, 6) is 0.0703. The highest BCUT2D eigenvalue weighted by Gasteiger charge is 2.18. The fourth-order valence-corrected chi connectivity index (χ4v) is 2.64. The van der Waals surface area contributed by atoms with E-state index in [1.807, 2.05) is 57.3 Å². The quantitative estimate of drug-likeness (QED) is 0.692. The highest BCUT2D eigenvalue weighted by molar-refractivity contribution is 5.99. The van der Waals surface area contributed by atoms with E-state index in [9.17, 15) is 4.79 Å². The first-order valence-electron chi connectivity index (χ1n) is 6.94. The van der Waals surface area contributed by atoms with Crippen LogP contribution in [0.1, 0.15) is 27.4 Å². The highest BCUT2D eigenvalue weighted by Crippen LogP contribution is 2.17. The summed E-state index contributed by atoms with van der Waals surface area (Å²) in [6.45, 7) is 3.79. The number of hydrogen-bond donors (Lipinski definition) is 0. The van der Waals surface area contributed by atoms with Crippen LogP contribution in [0.3, 0.4) is 0 Å². The first-order valence-corrected chi connectivity index (χ1v) is 6.94. The summed E-state index contributed by atoms with van der Waals surface area (Å²) < 4.78 is 1.75. The van der Waals surface area contributed by atoms with Crippen molar-refractivity contribution in [3.05, 3.63) is 59.0 Å². The van der Waals surface area contributed by atoms with Crippen molar-refractivity contribution >= 4 is 16.7 Å². The fourth-order valence-electron chi connectivity index (χ4n) is 2.64. The Hall–Kier alpha value is -2.49. The Labute approximate surface area is 123 Å². The molecular formula is C17H17N3O. The van der Waals surface area contributed by atoms with Gasteiger partial charge in [0.15, 0.2) is 5.78 Å². The molecule has 2 heterocycles. The van der Waals surface area contributed by atoms with Gasteiger partial charge in [0.2, 0.25) is 0 Å². The standard InChI is InChI=1S/C17H17N3O/c1-11-17(12(2)20(3)19-11)16(21)10-14-9-8-13-6-4-5-7-15(13)18-14/h4-9H,10H2,1-3H3. The zero-order valence-electron chi connectivity index (χ0n) is 12.4. The van der Waals surface area contributed by atoms with Crippen LogP contribution < -0.4 is 0 Å². The first-order chi connectivity index (χ1) is 10.1. The molecule has 4 nitrogen and oxygen atoms in total. The lowest BCUT2D eigenvalue weighted by Gasteiger charge is -2.03. The van der Waals surface area contributed by atoms with Crippen molar-refractivity contribution in [3.8, 4) is 0 Å². The Morgan fingerprint density at radius 3 is 2.62 bits per heavy atom. The number of rotatable bonds is 3. The van der Waals surface area contributed by atoms with Crippen LogP contribution in [0.25, 0.3) is 10.9 Å². The highest BCUT2D eigenvalue weighted by atomic mass is 16.1. The van der Waals surface area contributed by atoms with Crippen molar-refractivity contribution in [1.29, 1.82) is 0 Å². The van der Waals surface area contributed by atoms with Crippen molar-refractivity contribution < 1.29 is 4.79 Å². The number of benzene rings is 1. The third-order valence-corrected chi connectivity index (χ3v) is 3.79. The summed E-state index contributed by atoms with van der Waals surface area (Å²) >= 11 is 0. The number of hydrogen-bond acceptors (Lipinski definition) is 3. The SMILES string of the molecule is Cc1nn(C)c(C)c1C(=O)Cc1ccc2ccccc2n1. The van der Waals surface area contributed by atoms with Gasteiger partial charge in [0.05, 0.1) is 23.2 Å². The number of aromatic nitrogens is 3. The number of aryl methyl sites for hydroxylation is 2. The molecule has 0 unspecified atom stereocenters. The van der Waals surface area contributed by atoms with Crippen molar-refractivity contribution in [2.45, 2.75) is 20.3 Å². The molecule has 0 aliphatic rings. The Morgan fingerprint density at radius 1 is 1.14 bits per heavy atom. The molecule has 0 bridgehead atoms. The van der Waals surface area contributed by atoms with Crippen LogP contribution in [-0.2, 0) is 13.5 Å². The number of Topliss-reactive ketones (excluding diaryl/α,β-unsaturated/α-hetero) is 1. The van der Waals surface area contributed by atoms with Gasteiger partial charge in [-0.3, -0.25) is 14.5 Å². The maximum atomic E-state index is 12.5. The predicted octanol–water partition coefficient (Wildman–Crippen LogP) is 3.01. The van der Waals surface area contributed by atoms with Gasteiger partial charge in [-0.2, -0.15) is 5.10 Å². The van der Waals surface area contributed by atoms with Crippen LogP contribution in [-0.4, -0.2) is 20.5 Å². The van der Waals surface area contributed by atoms with Crippen LogP contribution >= 0.6 is 0 Å². The van der Waals surface area contributed by atoms with Crippen LogP contribution in [0.4, 0.5) is 0 Å². The summed E-state index contributed by atoms with van der Waals surface area (Å²) in [6, 6.07) is 11.8. The largest absolute Gasteiger partial charge is 0.294 e. The minimum absolute atomic E-state index is 0.0703. The summed E-state index contributed by atoms with van der Waals surface area (Å²) in [6.07, 6.45) is 0.304. The number of fused-ring (bicyclic) bond motifs is 1. The van der Waals surface area contributed by atoms with E-state index in [-0.39, 0.29) is 5.78 Å². The molecule has 2 aromatic heterocycles. The van der Waals surface area contributed by atoms with E-state index in [4.69, 9.17) is 0 Å². The second-order valence-electron chi connectivity index (χ2n) is 5.26. The third kappa shape index (κ3) is 2.44. The molecule has 3 aromatic rings. The molecule has 0 spiro atoms. The average Bonchev–Trinajstić information content (AvgIpc) is 2.72. The van der Waals surface area contributed by atoms with Crippen LogP contribution in [0.5, 0.6) is 0 Å². The van der Waals surface area contributed by atoms with Gasteiger partial charge >= 0.3 is 0 Å². The molecule has 3 rings (SSSR count). The molecule has 0 aliphatic heterocycles. The Kier molecular flexibility index (Phi) is 3.29. The van der Waals surface area contributed by atoms with Crippen molar-refractivity contribution in [2.75, 3.05) is 0 Å². The van der Waals surface area contributed by atoms with E-state index >= 15 is 0 Å². The molecule has 0 radical (unpaired) electrons. The summed E-state index contributed by atoms with van der Waals surface area (Å²) in [5.41, 5.74) is 4.11. The van der Waals surface area contributed by atoms with Crippen LogP contribution in [0, 0.1) is 13.8 Å². The number of carbonyl (C=O) groups excluding carboxylic acids is 1. The molecule has 0 saturated carbocycles. The Balaban J connectivity index is 1.92. The van der Waals surface area contributed by atoms with Crippen LogP contribution in [0.2, 0.25) is 0 Å². The number of carbonyl (C=O) groups is 1. The van der Waals surface area contributed by atoms with E-state index < -0.39 is 0 Å². The number of ketones is 1. The van der Waals surface area contributed by atoms with Crippen molar-refractivity contribution in [3.63, 3.8) is 0 Å². The maximum absolute atomic E-state index is 12.5. The molecule has 0 fully saturated rings. The predicted molar refractivity (Wildman–Crippen MR) is 82.5 cm³/mol. The normalized spacial score (nSPS) is 11.0. The monoisotopic (exact) mass is 279 g/mol. The van der Waals surface area contributed by atoms with Gasteiger partial charge in [-0.25, -0.2) is 0 Å². The molecule has 0 N–H and O–H groups in total. The molecule has 0 saturated heterocycles.